The van der Waals surface area contributed by atoms with E-state index in [4.69, 9.17) is 32.7 Å². The van der Waals surface area contributed by atoms with Gasteiger partial charge in [-0.3, -0.25) is 0 Å². The summed E-state index contributed by atoms with van der Waals surface area (Å²) in [7, 11) is 0. The molecule has 0 bridgehead atoms. The molecule has 0 atom stereocenters. The minimum atomic E-state index is 0.559. The van der Waals surface area contributed by atoms with Crippen molar-refractivity contribution in [3.05, 3.63) is 28.2 Å². The van der Waals surface area contributed by atoms with Crippen molar-refractivity contribution in [3.8, 4) is 5.75 Å². The summed E-state index contributed by atoms with van der Waals surface area (Å²) in [6, 6.07) is 5.26. The first-order chi connectivity index (χ1) is 7.75. The molecular formula is C12H14Cl2O2. The van der Waals surface area contributed by atoms with Crippen LogP contribution in [0.3, 0.4) is 0 Å². The van der Waals surface area contributed by atoms with Crippen LogP contribution >= 0.6 is 23.2 Å². The third-order valence-electron chi connectivity index (χ3n) is 2.71. The minimum absolute atomic E-state index is 0.559. The van der Waals surface area contributed by atoms with Gasteiger partial charge in [-0.1, -0.05) is 23.2 Å². The third kappa shape index (κ3) is 3.27. The maximum Gasteiger partial charge on any atom is 0.139 e. The fraction of sp³-hybridized carbons (Fsp3) is 0.500. The SMILES string of the molecule is Clc1ccc(Cl)c(OCC2CCOCC2)c1. The first-order valence-corrected chi connectivity index (χ1v) is 6.17. The molecule has 1 aromatic rings. The number of hydrogen-bond acceptors (Lipinski definition) is 2. The van der Waals surface area contributed by atoms with Crippen molar-refractivity contribution in [2.45, 2.75) is 12.8 Å². The topological polar surface area (TPSA) is 18.5 Å². The van der Waals surface area contributed by atoms with Gasteiger partial charge in [0.15, 0.2) is 0 Å². The van der Waals surface area contributed by atoms with Crippen molar-refractivity contribution in [2.24, 2.45) is 5.92 Å². The van der Waals surface area contributed by atoms with Crippen LogP contribution in [-0.4, -0.2) is 19.8 Å². The van der Waals surface area contributed by atoms with Crippen LogP contribution in [0.5, 0.6) is 5.75 Å². The van der Waals surface area contributed by atoms with Gasteiger partial charge in [0.05, 0.1) is 11.6 Å². The molecule has 0 saturated carbocycles. The van der Waals surface area contributed by atoms with Gasteiger partial charge in [0.2, 0.25) is 0 Å². The van der Waals surface area contributed by atoms with Gasteiger partial charge >= 0.3 is 0 Å². The van der Waals surface area contributed by atoms with Crippen LogP contribution < -0.4 is 4.74 Å². The zero-order chi connectivity index (χ0) is 11.4. The Morgan fingerprint density at radius 2 is 2.00 bits per heavy atom. The van der Waals surface area contributed by atoms with Crippen LogP contribution in [0, 0.1) is 5.92 Å². The highest BCUT2D eigenvalue weighted by Gasteiger charge is 2.15. The summed E-state index contributed by atoms with van der Waals surface area (Å²) in [5, 5.41) is 1.25. The molecule has 0 spiro atoms. The van der Waals surface area contributed by atoms with Crippen LogP contribution in [-0.2, 0) is 4.74 Å². The summed E-state index contributed by atoms with van der Waals surface area (Å²) in [5.74, 6) is 1.23. The fourth-order valence-corrected chi connectivity index (χ4v) is 2.04. The molecule has 0 radical (unpaired) electrons. The second kappa shape index (κ2) is 5.76. The highest BCUT2D eigenvalue weighted by molar-refractivity contribution is 6.34. The number of hydrogen-bond donors (Lipinski definition) is 0. The van der Waals surface area contributed by atoms with Gasteiger partial charge in [0.25, 0.3) is 0 Å². The lowest BCUT2D eigenvalue weighted by molar-refractivity contribution is 0.0498. The third-order valence-corrected chi connectivity index (χ3v) is 3.26. The monoisotopic (exact) mass is 260 g/mol. The lowest BCUT2D eigenvalue weighted by Crippen LogP contribution is -2.21. The van der Waals surface area contributed by atoms with E-state index in [1.54, 1.807) is 18.2 Å². The molecule has 1 saturated heterocycles. The standard InChI is InChI=1S/C12H14Cl2O2/c13-10-1-2-11(14)12(7-10)16-8-9-3-5-15-6-4-9/h1-2,7,9H,3-6,8H2. The van der Waals surface area contributed by atoms with Crippen molar-refractivity contribution < 1.29 is 9.47 Å². The Bertz CT molecular complexity index is 349. The second-order valence-corrected chi connectivity index (χ2v) is 4.79. The van der Waals surface area contributed by atoms with Gasteiger partial charge in [0, 0.05) is 24.3 Å². The molecule has 1 heterocycles. The number of benzene rings is 1. The number of ether oxygens (including phenoxy) is 2. The van der Waals surface area contributed by atoms with Gasteiger partial charge < -0.3 is 9.47 Å². The maximum atomic E-state index is 6.01. The summed E-state index contributed by atoms with van der Waals surface area (Å²) in [4.78, 5) is 0. The van der Waals surface area contributed by atoms with Crippen molar-refractivity contribution in [3.63, 3.8) is 0 Å². The Labute approximate surface area is 105 Å². The first-order valence-electron chi connectivity index (χ1n) is 5.41. The Hall–Kier alpha value is -0.440. The highest BCUT2D eigenvalue weighted by atomic mass is 35.5. The van der Waals surface area contributed by atoms with Crippen LogP contribution in [0.1, 0.15) is 12.8 Å². The van der Waals surface area contributed by atoms with E-state index in [1.165, 1.54) is 0 Å². The van der Waals surface area contributed by atoms with Crippen LogP contribution in [0.15, 0.2) is 18.2 Å². The van der Waals surface area contributed by atoms with Gasteiger partial charge in [-0.05, 0) is 30.9 Å². The van der Waals surface area contributed by atoms with Crippen molar-refractivity contribution >= 4 is 23.2 Å². The molecule has 4 heteroatoms. The van der Waals surface area contributed by atoms with Crippen molar-refractivity contribution in [1.29, 1.82) is 0 Å². The van der Waals surface area contributed by atoms with E-state index in [9.17, 15) is 0 Å². The summed E-state index contributed by atoms with van der Waals surface area (Å²) < 4.78 is 11.0. The van der Waals surface area contributed by atoms with Crippen molar-refractivity contribution in [2.75, 3.05) is 19.8 Å². The molecule has 1 aliphatic heterocycles. The van der Waals surface area contributed by atoms with E-state index >= 15 is 0 Å². The van der Waals surface area contributed by atoms with Crippen LogP contribution in [0.2, 0.25) is 10.0 Å². The first kappa shape index (κ1) is 12.0. The van der Waals surface area contributed by atoms with E-state index < -0.39 is 0 Å². The molecule has 0 aliphatic carbocycles. The Morgan fingerprint density at radius 1 is 1.25 bits per heavy atom. The van der Waals surface area contributed by atoms with Gasteiger partial charge in [-0.25, -0.2) is 0 Å². The van der Waals surface area contributed by atoms with Gasteiger partial charge in [-0.15, -0.1) is 0 Å². The summed E-state index contributed by atoms with van der Waals surface area (Å²) in [6.07, 6.45) is 2.11. The van der Waals surface area contributed by atoms with E-state index in [-0.39, 0.29) is 0 Å². The smallest absolute Gasteiger partial charge is 0.139 e. The summed E-state index contributed by atoms with van der Waals surface area (Å²) in [6.45, 7) is 2.35. The molecule has 0 unspecified atom stereocenters. The molecule has 1 fully saturated rings. The Morgan fingerprint density at radius 3 is 2.75 bits per heavy atom. The number of halogens is 2. The number of rotatable bonds is 3. The molecule has 88 valence electrons. The maximum absolute atomic E-state index is 6.01. The molecule has 1 aromatic carbocycles. The Balaban J connectivity index is 1.90. The van der Waals surface area contributed by atoms with E-state index in [2.05, 4.69) is 0 Å². The van der Waals surface area contributed by atoms with E-state index in [0.29, 0.717) is 28.3 Å². The second-order valence-electron chi connectivity index (χ2n) is 3.94. The molecule has 0 N–H and O–H groups in total. The summed E-state index contributed by atoms with van der Waals surface area (Å²) in [5.41, 5.74) is 0. The van der Waals surface area contributed by atoms with Gasteiger partial charge in [0.1, 0.15) is 5.75 Å². The lowest BCUT2D eigenvalue weighted by atomic mass is 10.0. The molecule has 1 aliphatic rings. The fourth-order valence-electron chi connectivity index (χ4n) is 1.71. The van der Waals surface area contributed by atoms with Crippen molar-refractivity contribution in [1.82, 2.24) is 0 Å². The largest absolute Gasteiger partial charge is 0.492 e. The van der Waals surface area contributed by atoms with Crippen LogP contribution in [0.25, 0.3) is 0 Å². The van der Waals surface area contributed by atoms with E-state index in [0.717, 1.165) is 26.1 Å². The molecular weight excluding hydrogens is 247 g/mol. The van der Waals surface area contributed by atoms with E-state index in [1.807, 2.05) is 0 Å². The molecule has 0 amide bonds. The Kier molecular flexibility index (Phi) is 4.33. The zero-order valence-electron chi connectivity index (χ0n) is 8.92. The minimum Gasteiger partial charge on any atom is -0.492 e. The van der Waals surface area contributed by atoms with Crippen LogP contribution in [0.4, 0.5) is 0 Å². The summed E-state index contributed by atoms with van der Waals surface area (Å²) >= 11 is 11.9. The average molecular weight is 261 g/mol. The average Bonchev–Trinajstić information content (AvgIpc) is 2.32. The molecule has 16 heavy (non-hydrogen) atoms. The predicted octanol–water partition coefficient (Wildman–Crippen LogP) is 3.80. The molecule has 2 nitrogen and oxygen atoms in total. The molecule has 0 aromatic heterocycles. The van der Waals surface area contributed by atoms with Gasteiger partial charge in [-0.2, -0.15) is 0 Å². The quantitative estimate of drug-likeness (QED) is 0.823. The predicted molar refractivity (Wildman–Crippen MR) is 65.5 cm³/mol. The lowest BCUT2D eigenvalue weighted by Gasteiger charge is -2.22. The molecule has 2 rings (SSSR count). The highest BCUT2D eigenvalue weighted by Crippen LogP contribution is 2.28. The normalized spacial score (nSPS) is 17.4. The zero-order valence-corrected chi connectivity index (χ0v) is 10.4.